The molecule has 1 heterocycles. The first-order chi connectivity index (χ1) is 12.0. The molecule has 0 atom stereocenters. The zero-order chi connectivity index (χ0) is 19.2. The summed E-state index contributed by atoms with van der Waals surface area (Å²) < 4.78 is 35.6. The molecular formula is C19H27NO5S. The number of amides is 1. The highest BCUT2D eigenvalue weighted by Gasteiger charge is 2.51. The number of carbonyl (C=O) groups excluding carboxylic acids is 1. The summed E-state index contributed by atoms with van der Waals surface area (Å²) in [5.74, 6) is 0. The lowest BCUT2D eigenvalue weighted by Crippen LogP contribution is -2.46. The lowest BCUT2D eigenvalue weighted by molar-refractivity contribution is -0.0106. The van der Waals surface area contributed by atoms with Crippen molar-refractivity contribution in [1.82, 2.24) is 4.90 Å². The van der Waals surface area contributed by atoms with Gasteiger partial charge in [0.2, 0.25) is 0 Å². The molecule has 6 nitrogen and oxygen atoms in total. The molecule has 1 amide bonds. The average Bonchev–Trinajstić information content (AvgIpc) is 2.91. The second-order valence-electron chi connectivity index (χ2n) is 8.55. The number of nitrogens with zero attached hydrogens (tertiary/aromatic N) is 1. The van der Waals surface area contributed by atoms with E-state index >= 15 is 0 Å². The maximum absolute atomic E-state index is 12.4. The quantitative estimate of drug-likeness (QED) is 0.750. The van der Waals surface area contributed by atoms with Gasteiger partial charge in [0.05, 0.1) is 11.0 Å². The maximum Gasteiger partial charge on any atom is 0.410 e. The fraction of sp³-hybridized carbons (Fsp3) is 0.632. The van der Waals surface area contributed by atoms with Crippen LogP contribution in [0.15, 0.2) is 29.2 Å². The van der Waals surface area contributed by atoms with Crippen LogP contribution >= 0.6 is 0 Å². The molecule has 0 aromatic heterocycles. The van der Waals surface area contributed by atoms with Crippen LogP contribution in [0, 0.1) is 12.3 Å². The first-order valence-electron chi connectivity index (χ1n) is 8.96. The van der Waals surface area contributed by atoms with E-state index in [1.54, 1.807) is 29.2 Å². The average molecular weight is 381 g/mol. The van der Waals surface area contributed by atoms with Crippen LogP contribution < -0.4 is 0 Å². The summed E-state index contributed by atoms with van der Waals surface area (Å²) in [6.45, 7) is 8.70. The number of hydrogen-bond donors (Lipinski definition) is 0. The van der Waals surface area contributed by atoms with E-state index < -0.39 is 15.7 Å². The van der Waals surface area contributed by atoms with Gasteiger partial charge in [0.1, 0.15) is 5.60 Å². The Hall–Kier alpha value is -1.60. The lowest BCUT2D eigenvalue weighted by Gasteiger charge is -2.44. The van der Waals surface area contributed by atoms with E-state index in [1.807, 2.05) is 27.7 Å². The number of aryl methyl sites for hydroxylation is 1. The first-order valence-corrected chi connectivity index (χ1v) is 10.4. The molecule has 1 aliphatic heterocycles. The fourth-order valence-electron chi connectivity index (χ4n) is 3.66. The Morgan fingerprint density at radius 3 is 2.38 bits per heavy atom. The molecular weight excluding hydrogens is 354 g/mol. The second kappa shape index (κ2) is 6.53. The summed E-state index contributed by atoms with van der Waals surface area (Å²) in [4.78, 5) is 14.1. The van der Waals surface area contributed by atoms with Crippen molar-refractivity contribution < 1.29 is 22.1 Å². The largest absolute Gasteiger partial charge is 0.444 e. The van der Waals surface area contributed by atoms with Gasteiger partial charge < -0.3 is 9.64 Å². The Morgan fingerprint density at radius 1 is 1.19 bits per heavy atom. The van der Waals surface area contributed by atoms with Crippen molar-refractivity contribution in [2.24, 2.45) is 5.41 Å². The zero-order valence-corrected chi connectivity index (χ0v) is 16.6. The standard InChI is InChI=1S/C19H27NO5S/c1-14-5-7-16(8-6-14)26(22,23)25-15-11-19(12-15)9-10-20(13-19)17(21)24-18(2,3)4/h5-8,15H,9-13H2,1-4H3/t15-,19-. The highest BCUT2D eigenvalue weighted by Crippen LogP contribution is 2.50. The molecule has 144 valence electrons. The van der Waals surface area contributed by atoms with Crippen LogP contribution in [0.3, 0.4) is 0 Å². The molecule has 0 radical (unpaired) electrons. The predicted octanol–water partition coefficient (Wildman–Crippen LogP) is 3.49. The highest BCUT2D eigenvalue weighted by atomic mass is 32.2. The third-order valence-corrected chi connectivity index (χ3v) is 6.36. The van der Waals surface area contributed by atoms with Gasteiger partial charge >= 0.3 is 6.09 Å². The van der Waals surface area contributed by atoms with Crippen molar-refractivity contribution >= 4 is 16.2 Å². The van der Waals surface area contributed by atoms with E-state index in [1.165, 1.54) is 0 Å². The van der Waals surface area contributed by atoms with E-state index in [-0.39, 0.29) is 22.5 Å². The molecule has 0 bridgehead atoms. The van der Waals surface area contributed by atoms with Crippen molar-refractivity contribution in [2.45, 2.75) is 63.6 Å². The number of rotatable bonds is 3. The minimum atomic E-state index is -3.74. The molecule has 1 saturated heterocycles. The van der Waals surface area contributed by atoms with Crippen molar-refractivity contribution in [2.75, 3.05) is 13.1 Å². The minimum absolute atomic E-state index is 0.0373. The smallest absolute Gasteiger partial charge is 0.410 e. The van der Waals surface area contributed by atoms with E-state index in [4.69, 9.17) is 8.92 Å². The van der Waals surface area contributed by atoms with Gasteiger partial charge in [-0.25, -0.2) is 4.79 Å². The third kappa shape index (κ3) is 4.20. The summed E-state index contributed by atoms with van der Waals surface area (Å²) in [6, 6.07) is 6.65. The summed E-state index contributed by atoms with van der Waals surface area (Å²) >= 11 is 0. The highest BCUT2D eigenvalue weighted by molar-refractivity contribution is 7.86. The molecule has 2 fully saturated rings. The molecule has 1 aromatic rings. The lowest BCUT2D eigenvalue weighted by atomic mass is 9.66. The van der Waals surface area contributed by atoms with Crippen LogP contribution in [0.1, 0.15) is 45.6 Å². The normalized spacial score (nSPS) is 26.0. The van der Waals surface area contributed by atoms with Crippen LogP contribution in [0.2, 0.25) is 0 Å². The van der Waals surface area contributed by atoms with Gasteiger partial charge in [-0.05, 0) is 64.5 Å². The number of benzene rings is 1. The Labute approximate surface area is 155 Å². The molecule has 1 aromatic carbocycles. The zero-order valence-electron chi connectivity index (χ0n) is 15.8. The van der Waals surface area contributed by atoms with E-state index in [0.717, 1.165) is 12.0 Å². The maximum atomic E-state index is 12.4. The Balaban J connectivity index is 1.54. The number of hydrogen-bond acceptors (Lipinski definition) is 5. The molecule has 1 spiro atoms. The van der Waals surface area contributed by atoms with Gasteiger partial charge in [-0.1, -0.05) is 17.7 Å². The van der Waals surface area contributed by atoms with Crippen molar-refractivity contribution in [3.63, 3.8) is 0 Å². The summed E-state index contributed by atoms with van der Waals surface area (Å²) in [6.07, 6.45) is 1.54. The fourth-order valence-corrected chi connectivity index (χ4v) is 4.74. The molecule has 26 heavy (non-hydrogen) atoms. The van der Waals surface area contributed by atoms with Crippen molar-refractivity contribution in [1.29, 1.82) is 0 Å². The number of carbonyl (C=O) groups is 1. The van der Waals surface area contributed by atoms with Gasteiger partial charge in [0, 0.05) is 13.1 Å². The summed E-state index contributed by atoms with van der Waals surface area (Å²) in [5, 5.41) is 0. The minimum Gasteiger partial charge on any atom is -0.444 e. The molecule has 0 unspecified atom stereocenters. The molecule has 2 aliphatic rings. The van der Waals surface area contributed by atoms with Crippen molar-refractivity contribution in [3.05, 3.63) is 29.8 Å². The number of ether oxygens (including phenoxy) is 1. The number of likely N-dealkylation sites (tertiary alicyclic amines) is 1. The van der Waals surface area contributed by atoms with E-state index in [0.29, 0.717) is 25.9 Å². The molecule has 1 saturated carbocycles. The van der Waals surface area contributed by atoms with Crippen LogP contribution in [0.4, 0.5) is 4.79 Å². The Bertz CT molecular complexity index is 773. The van der Waals surface area contributed by atoms with Gasteiger partial charge in [0.15, 0.2) is 0 Å². The first kappa shape index (κ1) is 19.2. The van der Waals surface area contributed by atoms with Gasteiger partial charge in [-0.15, -0.1) is 0 Å². The molecule has 0 N–H and O–H groups in total. The Morgan fingerprint density at radius 2 is 1.81 bits per heavy atom. The molecule has 3 rings (SSSR count). The molecule has 1 aliphatic carbocycles. The van der Waals surface area contributed by atoms with Crippen LogP contribution in [-0.4, -0.2) is 44.2 Å². The van der Waals surface area contributed by atoms with Crippen LogP contribution in [0.25, 0.3) is 0 Å². The van der Waals surface area contributed by atoms with Gasteiger partial charge in [-0.2, -0.15) is 8.42 Å². The topological polar surface area (TPSA) is 72.9 Å². The molecule has 7 heteroatoms. The Kier molecular flexibility index (Phi) is 4.82. The van der Waals surface area contributed by atoms with Gasteiger partial charge in [-0.3, -0.25) is 4.18 Å². The summed E-state index contributed by atoms with van der Waals surface area (Å²) in [7, 11) is -3.74. The van der Waals surface area contributed by atoms with E-state index in [2.05, 4.69) is 0 Å². The second-order valence-corrected chi connectivity index (χ2v) is 10.1. The SMILES string of the molecule is Cc1ccc(S(=O)(=O)O[C@H]2C[C@@]3(CCN(C(=O)OC(C)(C)C)C3)C2)cc1. The monoisotopic (exact) mass is 381 g/mol. The van der Waals surface area contributed by atoms with Crippen LogP contribution in [-0.2, 0) is 19.0 Å². The van der Waals surface area contributed by atoms with Crippen molar-refractivity contribution in [3.8, 4) is 0 Å². The van der Waals surface area contributed by atoms with Gasteiger partial charge in [0.25, 0.3) is 10.1 Å². The third-order valence-electron chi connectivity index (χ3n) is 4.98. The van der Waals surface area contributed by atoms with Crippen LogP contribution in [0.5, 0.6) is 0 Å². The van der Waals surface area contributed by atoms with E-state index in [9.17, 15) is 13.2 Å². The summed E-state index contributed by atoms with van der Waals surface area (Å²) in [5.41, 5.74) is 0.449. The predicted molar refractivity (Wildman–Crippen MR) is 97.3 cm³/mol.